The summed E-state index contributed by atoms with van der Waals surface area (Å²) >= 11 is 0. The first-order valence-electron chi connectivity index (χ1n) is 5.47. The van der Waals surface area contributed by atoms with Crippen molar-refractivity contribution in [2.75, 3.05) is 26.8 Å². The van der Waals surface area contributed by atoms with E-state index in [1.165, 1.54) is 12.8 Å². The molecule has 1 fully saturated rings. The average molecular weight is 196 g/mol. The maximum atomic E-state index is 8.95. The molecule has 0 aliphatic heterocycles. The van der Waals surface area contributed by atoms with Crippen LogP contribution in [0.15, 0.2) is 0 Å². The van der Waals surface area contributed by atoms with Crippen LogP contribution < -0.4 is 0 Å². The molecular formula is C11H20N2O. The van der Waals surface area contributed by atoms with Gasteiger partial charge >= 0.3 is 0 Å². The van der Waals surface area contributed by atoms with Gasteiger partial charge in [-0.25, -0.2) is 0 Å². The molecule has 2 atom stereocenters. The highest BCUT2D eigenvalue weighted by Gasteiger charge is 2.29. The van der Waals surface area contributed by atoms with Gasteiger partial charge in [0.05, 0.1) is 18.6 Å². The molecule has 1 aliphatic rings. The first-order chi connectivity index (χ1) is 6.79. The average Bonchev–Trinajstić information content (AvgIpc) is 2.65. The third kappa shape index (κ3) is 2.97. The van der Waals surface area contributed by atoms with Crippen LogP contribution in [0.1, 0.15) is 26.2 Å². The Balaban J connectivity index is 2.29. The number of hydrogen-bond donors (Lipinski definition) is 0. The van der Waals surface area contributed by atoms with E-state index in [-0.39, 0.29) is 5.92 Å². The van der Waals surface area contributed by atoms with E-state index in [4.69, 9.17) is 10.00 Å². The predicted molar refractivity (Wildman–Crippen MR) is 55.9 cm³/mol. The van der Waals surface area contributed by atoms with Gasteiger partial charge in [-0.1, -0.05) is 6.42 Å². The Hall–Kier alpha value is -0.590. The Bertz CT molecular complexity index is 200. The summed E-state index contributed by atoms with van der Waals surface area (Å²) in [5.74, 6) is 0.238. The highest BCUT2D eigenvalue weighted by Crippen LogP contribution is 2.28. The Morgan fingerprint density at radius 2 is 2.29 bits per heavy atom. The van der Waals surface area contributed by atoms with Crippen molar-refractivity contribution in [1.82, 2.24) is 4.90 Å². The van der Waals surface area contributed by atoms with Gasteiger partial charge in [-0.15, -0.1) is 0 Å². The summed E-state index contributed by atoms with van der Waals surface area (Å²) in [6.45, 7) is 4.51. The van der Waals surface area contributed by atoms with Crippen LogP contribution >= 0.6 is 0 Å². The molecule has 0 spiro atoms. The number of hydrogen-bond acceptors (Lipinski definition) is 3. The van der Waals surface area contributed by atoms with Crippen molar-refractivity contribution in [3.05, 3.63) is 0 Å². The van der Waals surface area contributed by atoms with Crippen LogP contribution in [0.25, 0.3) is 0 Å². The zero-order chi connectivity index (χ0) is 10.4. The molecule has 1 aliphatic carbocycles. The lowest BCUT2D eigenvalue weighted by Gasteiger charge is -2.26. The molecule has 80 valence electrons. The minimum atomic E-state index is 0.238. The summed E-state index contributed by atoms with van der Waals surface area (Å²) in [6, 6.07) is 2.86. The van der Waals surface area contributed by atoms with Gasteiger partial charge in [0.1, 0.15) is 0 Å². The molecule has 1 saturated carbocycles. The molecule has 2 unspecified atom stereocenters. The molecule has 3 nitrogen and oxygen atoms in total. The zero-order valence-electron chi connectivity index (χ0n) is 9.20. The molecule has 0 N–H and O–H groups in total. The van der Waals surface area contributed by atoms with Crippen LogP contribution in [-0.2, 0) is 4.74 Å². The number of nitriles is 1. The summed E-state index contributed by atoms with van der Waals surface area (Å²) in [5, 5.41) is 8.95. The first kappa shape index (κ1) is 11.5. The lowest BCUT2D eigenvalue weighted by Crippen LogP contribution is -2.36. The fourth-order valence-electron chi connectivity index (χ4n) is 2.14. The van der Waals surface area contributed by atoms with Crippen molar-refractivity contribution in [3.8, 4) is 6.07 Å². The van der Waals surface area contributed by atoms with Crippen molar-refractivity contribution in [1.29, 1.82) is 5.26 Å². The standard InChI is InChI=1S/C11H20N2O/c1-3-14-8-7-13(2)11-6-4-5-10(11)9-12/h10-11H,3-8H2,1-2H3. The molecule has 0 amide bonds. The molecule has 0 bridgehead atoms. The number of ether oxygens (including phenoxy) is 1. The molecule has 1 rings (SSSR count). The van der Waals surface area contributed by atoms with E-state index in [1.807, 2.05) is 6.92 Å². The van der Waals surface area contributed by atoms with Crippen molar-refractivity contribution < 1.29 is 4.74 Å². The van der Waals surface area contributed by atoms with E-state index in [9.17, 15) is 0 Å². The highest BCUT2D eigenvalue weighted by atomic mass is 16.5. The minimum Gasteiger partial charge on any atom is -0.380 e. The second kappa shape index (κ2) is 6.00. The molecule has 3 heteroatoms. The van der Waals surface area contributed by atoms with Gasteiger partial charge in [-0.2, -0.15) is 5.26 Å². The fraction of sp³-hybridized carbons (Fsp3) is 0.909. The van der Waals surface area contributed by atoms with Crippen LogP contribution in [0.2, 0.25) is 0 Å². The van der Waals surface area contributed by atoms with Gasteiger partial charge in [-0.05, 0) is 26.8 Å². The largest absolute Gasteiger partial charge is 0.380 e. The van der Waals surface area contributed by atoms with Crippen LogP contribution in [-0.4, -0.2) is 37.7 Å². The molecule has 0 heterocycles. The van der Waals surface area contributed by atoms with E-state index in [0.29, 0.717) is 6.04 Å². The van der Waals surface area contributed by atoms with Gasteiger partial charge in [-0.3, -0.25) is 4.90 Å². The minimum absolute atomic E-state index is 0.238. The lowest BCUT2D eigenvalue weighted by atomic mass is 10.0. The second-order valence-electron chi connectivity index (χ2n) is 3.91. The molecule has 0 saturated heterocycles. The van der Waals surface area contributed by atoms with Crippen molar-refractivity contribution >= 4 is 0 Å². The highest BCUT2D eigenvalue weighted by molar-refractivity contribution is 4.96. The Morgan fingerprint density at radius 3 is 2.93 bits per heavy atom. The Morgan fingerprint density at radius 1 is 1.50 bits per heavy atom. The normalized spacial score (nSPS) is 26.7. The molecular weight excluding hydrogens is 176 g/mol. The monoisotopic (exact) mass is 196 g/mol. The summed E-state index contributed by atoms with van der Waals surface area (Å²) in [7, 11) is 2.10. The van der Waals surface area contributed by atoms with Crippen LogP contribution in [0, 0.1) is 17.2 Å². The zero-order valence-corrected chi connectivity index (χ0v) is 9.20. The molecule has 0 aromatic heterocycles. The number of likely N-dealkylation sites (N-methyl/N-ethyl adjacent to an activating group) is 1. The molecule has 14 heavy (non-hydrogen) atoms. The Kier molecular flexibility index (Phi) is 4.92. The SMILES string of the molecule is CCOCCN(C)C1CCCC1C#N. The van der Waals surface area contributed by atoms with Gasteiger partial charge in [0.15, 0.2) is 0 Å². The topological polar surface area (TPSA) is 36.3 Å². The summed E-state index contributed by atoms with van der Waals surface area (Å²) in [5.41, 5.74) is 0. The van der Waals surface area contributed by atoms with Crippen molar-refractivity contribution in [3.63, 3.8) is 0 Å². The van der Waals surface area contributed by atoms with Gasteiger partial charge in [0.2, 0.25) is 0 Å². The van der Waals surface area contributed by atoms with Crippen molar-refractivity contribution in [2.24, 2.45) is 5.92 Å². The van der Waals surface area contributed by atoms with E-state index >= 15 is 0 Å². The smallest absolute Gasteiger partial charge is 0.0672 e. The predicted octanol–water partition coefficient (Wildman–Crippen LogP) is 1.65. The maximum absolute atomic E-state index is 8.95. The van der Waals surface area contributed by atoms with Gasteiger partial charge < -0.3 is 4.74 Å². The second-order valence-corrected chi connectivity index (χ2v) is 3.91. The van der Waals surface area contributed by atoms with Crippen LogP contribution in [0.5, 0.6) is 0 Å². The van der Waals surface area contributed by atoms with Gasteiger partial charge in [0.25, 0.3) is 0 Å². The summed E-state index contributed by atoms with van der Waals surface area (Å²) < 4.78 is 5.31. The fourth-order valence-corrected chi connectivity index (χ4v) is 2.14. The summed E-state index contributed by atoms with van der Waals surface area (Å²) in [4.78, 5) is 2.27. The van der Waals surface area contributed by atoms with E-state index in [2.05, 4.69) is 18.0 Å². The third-order valence-electron chi connectivity index (χ3n) is 3.00. The maximum Gasteiger partial charge on any atom is 0.0672 e. The van der Waals surface area contributed by atoms with Crippen LogP contribution in [0.3, 0.4) is 0 Å². The third-order valence-corrected chi connectivity index (χ3v) is 3.00. The van der Waals surface area contributed by atoms with Gasteiger partial charge in [0, 0.05) is 19.2 Å². The summed E-state index contributed by atoms with van der Waals surface area (Å²) in [6.07, 6.45) is 3.43. The van der Waals surface area contributed by atoms with E-state index in [1.54, 1.807) is 0 Å². The quantitative estimate of drug-likeness (QED) is 0.627. The number of nitrogens with zero attached hydrogens (tertiary/aromatic N) is 2. The lowest BCUT2D eigenvalue weighted by molar-refractivity contribution is 0.103. The molecule has 0 radical (unpaired) electrons. The van der Waals surface area contributed by atoms with E-state index in [0.717, 1.165) is 26.2 Å². The van der Waals surface area contributed by atoms with Crippen LogP contribution in [0.4, 0.5) is 0 Å². The number of rotatable bonds is 5. The first-order valence-corrected chi connectivity index (χ1v) is 5.47. The van der Waals surface area contributed by atoms with Crippen molar-refractivity contribution in [2.45, 2.75) is 32.2 Å². The molecule has 0 aromatic rings. The van der Waals surface area contributed by atoms with E-state index < -0.39 is 0 Å². The Labute approximate surface area is 86.6 Å². The molecule has 0 aromatic carbocycles.